The molecule has 0 aromatic heterocycles. The summed E-state index contributed by atoms with van der Waals surface area (Å²) >= 11 is 3.56. The zero-order valence-electron chi connectivity index (χ0n) is 11.5. The van der Waals surface area contributed by atoms with Gasteiger partial charge in [-0.15, -0.1) is 0 Å². The molecule has 1 heterocycles. The number of nitrogens with one attached hydrogen (secondary N) is 2. The Morgan fingerprint density at radius 2 is 2.16 bits per heavy atom. The van der Waals surface area contributed by atoms with Gasteiger partial charge in [0.2, 0.25) is 0 Å². The van der Waals surface area contributed by atoms with Crippen LogP contribution in [0.15, 0.2) is 22.7 Å². The third kappa shape index (κ3) is 4.79. The lowest BCUT2D eigenvalue weighted by Crippen LogP contribution is -2.33. The highest BCUT2D eigenvalue weighted by molar-refractivity contribution is 9.10. The molecule has 19 heavy (non-hydrogen) atoms. The van der Waals surface area contributed by atoms with Crippen LogP contribution in [0.25, 0.3) is 0 Å². The molecule has 0 aliphatic carbocycles. The van der Waals surface area contributed by atoms with E-state index in [0.717, 1.165) is 29.2 Å². The van der Waals surface area contributed by atoms with E-state index in [2.05, 4.69) is 38.7 Å². The number of halogens is 1. The maximum Gasteiger partial charge on any atom is 0.133 e. The smallest absolute Gasteiger partial charge is 0.133 e. The molecular weight excluding hydrogens is 304 g/mol. The van der Waals surface area contributed by atoms with Gasteiger partial charge in [0.25, 0.3) is 0 Å². The first-order valence-electron chi connectivity index (χ1n) is 7.12. The molecule has 0 amide bonds. The van der Waals surface area contributed by atoms with Gasteiger partial charge in [0.15, 0.2) is 0 Å². The maximum atomic E-state index is 5.52. The molecule has 1 fully saturated rings. The molecule has 2 rings (SSSR count). The van der Waals surface area contributed by atoms with Crippen molar-refractivity contribution in [1.82, 2.24) is 10.6 Å². The molecule has 4 heteroatoms. The Labute approximate surface area is 124 Å². The Hall–Kier alpha value is -0.580. The number of hydrogen-bond donors (Lipinski definition) is 2. The first-order chi connectivity index (χ1) is 9.29. The van der Waals surface area contributed by atoms with Gasteiger partial charge in [0, 0.05) is 6.54 Å². The minimum absolute atomic E-state index is 0.700. The Morgan fingerprint density at radius 3 is 2.84 bits per heavy atom. The fourth-order valence-electron chi connectivity index (χ4n) is 2.43. The molecule has 0 atom stereocenters. The van der Waals surface area contributed by atoms with Crippen molar-refractivity contribution in [2.45, 2.75) is 26.3 Å². The number of piperidine rings is 1. The fourth-order valence-corrected chi connectivity index (χ4v) is 2.97. The number of hydrogen-bond acceptors (Lipinski definition) is 3. The van der Waals surface area contributed by atoms with E-state index in [0.29, 0.717) is 6.61 Å². The summed E-state index contributed by atoms with van der Waals surface area (Å²) in [6, 6.07) is 6.31. The van der Waals surface area contributed by atoms with Crippen molar-refractivity contribution < 1.29 is 4.74 Å². The normalized spacial score (nSPS) is 16.5. The summed E-state index contributed by atoms with van der Waals surface area (Å²) in [5, 5.41) is 6.96. The Bertz CT molecular complexity index is 392. The first-order valence-corrected chi connectivity index (χ1v) is 7.91. The summed E-state index contributed by atoms with van der Waals surface area (Å²) in [6.45, 7) is 7.08. The van der Waals surface area contributed by atoms with E-state index in [9.17, 15) is 0 Å². The molecule has 2 N–H and O–H groups in total. The minimum atomic E-state index is 0.700. The van der Waals surface area contributed by atoms with Crippen molar-refractivity contribution in [3.63, 3.8) is 0 Å². The van der Waals surface area contributed by atoms with Crippen molar-refractivity contribution in [2.75, 3.05) is 26.2 Å². The predicted octanol–water partition coefficient (Wildman–Crippen LogP) is 2.94. The van der Waals surface area contributed by atoms with Crippen LogP contribution in [-0.4, -0.2) is 26.2 Å². The van der Waals surface area contributed by atoms with Crippen LogP contribution in [-0.2, 0) is 6.54 Å². The van der Waals surface area contributed by atoms with Crippen molar-refractivity contribution in [3.8, 4) is 5.75 Å². The van der Waals surface area contributed by atoms with E-state index in [1.807, 2.05) is 13.0 Å². The number of rotatable bonds is 6. The largest absolute Gasteiger partial charge is 0.493 e. The molecule has 1 aromatic carbocycles. The zero-order valence-corrected chi connectivity index (χ0v) is 13.1. The van der Waals surface area contributed by atoms with Crippen molar-refractivity contribution in [1.29, 1.82) is 0 Å². The summed E-state index contributed by atoms with van der Waals surface area (Å²) in [5.41, 5.74) is 1.30. The molecule has 0 saturated carbocycles. The van der Waals surface area contributed by atoms with Gasteiger partial charge in [-0.2, -0.15) is 0 Å². The molecular formula is C15H23BrN2O. The van der Waals surface area contributed by atoms with E-state index < -0.39 is 0 Å². The van der Waals surface area contributed by atoms with Crippen molar-refractivity contribution in [2.24, 2.45) is 5.92 Å². The fraction of sp³-hybridized carbons (Fsp3) is 0.600. The Morgan fingerprint density at radius 1 is 1.37 bits per heavy atom. The molecule has 0 bridgehead atoms. The molecule has 1 aliphatic heterocycles. The van der Waals surface area contributed by atoms with Gasteiger partial charge in [-0.1, -0.05) is 6.07 Å². The lowest BCUT2D eigenvalue weighted by molar-refractivity contribution is 0.338. The van der Waals surface area contributed by atoms with Crippen LogP contribution in [0.1, 0.15) is 25.3 Å². The highest BCUT2D eigenvalue weighted by Gasteiger charge is 2.12. The predicted molar refractivity (Wildman–Crippen MR) is 82.6 cm³/mol. The molecule has 0 radical (unpaired) electrons. The third-order valence-electron chi connectivity index (χ3n) is 3.52. The van der Waals surface area contributed by atoms with Gasteiger partial charge in [-0.05, 0) is 78.9 Å². The summed E-state index contributed by atoms with van der Waals surface area (Å²) < 4.78 is 6.55. The first kappa shape index (κ1) is 14.8. The third-order valence-corrected chi connectivity index (χ3v) is 4.14. The SMILES string of the molecule is CCOc1ccc(CNCC2CCNCC2)cc1Br. The van der Waals surface area contributed by atoms with Crippen LogP contribution < -0.4 is 15.4 Å². The summed E-state index contributed by atoms with van der Waals surface area (Å²) in [7, 11) is 0. The summed E-state index contributed by atoms with van der Waals surface area (Å²) in [4.78, 5) is 0. The number of benzene rings is 1. The molecule has 0 unspecified atom stereocenters. The lowest BCUT2D eigenvalue weighted by atomic mass is 9.98. The van der Waals surface area contributed by atoms with Crippen molar-refractivity contribution in [3.05, 3.63) is 28.2 Å². The average Bonchev–Trinajstić information content (AvgIpc) is 2.43. The van der Waals surface area contributed by atoms with E-state index in [1.165, 1.54) is 31.5 Å². The monoisotopic (exact) mass is 326 g/mol. The standard InChI is InChI=1S/C15H23BrN2O/c1-2-19-15-4-3-13(9-14(15)16)11-18-10-12-5-7-17-8-6-12/h3-4,9,12,17-18H,2,5-8,10-11H2,1H3. The summed E-state index contributed by atoms with van der Waals surface area (Å²) in [6.07, 6.45) is 2.58. The van der Waals surface area contributed by atoms with Crippen LogP contribution in [0.3, 0.4) is 0 Å². The van der Waals surface area contributed by atoms with Gasteiger partial charge < -0.3 is 15.4 Å². The van der Waals surface area contributed by atoms with Gasteiger partial charge in [0.05, 0.1) is 11.1 Å². The summed E-state index contributed by atoms with van der Waals surface area (Å²) in [5.74, 6) is 1.75. The van der Waals surface area contributed by atoms with E-state index in [4.69, 9.17) is 4.74 Å². The van der Waals surface area contributed by atoms with E-state index in [1.54, 1.807) is 0 Å². The number of ether oxygens (including phenoxy) is 1. The van der Waals surface area contributed by atoms with Crippen LogP contribution in [0.5, 0.6) is 5.75 Å². The van der Waals surface area contributed by atoms with Gasteiger partial charge in [0.1, 0.15) is 5.75 Å². The Kier molecular flexibility index (Phi) is 6.14. The lowest BCUT2D eigenvalue weighted by Gasteiger charge is -2.22. The maximum absolute atomic E-state index is 5.52. The second-order valence-corrected chi connectivity index (χ2v) is 5.88. The second-order valence-electron chi connectivity index (χ2n) is 5.02. The second kappa shape index (κ2) is 7.88. The van der Waals surface area contributed by atoms with Crippen LogP contribution in [0.2, 0.25) is 0 Å². The molecule has 1 aromatic rings. The molecule has 1 saturated heterocycles. The molecule has 3 nitrogen and oxygen atoms in total. The van der Waals surface area contributed by atoms with E-state index >= 15 is 0 Å². The van der Waals surface area contributed by atoms with Crippen molar-refractivity contribution >= 4 is 15.9 Å². The zero-order chi connectivity index (χ0) is 13.5. The molecule has 0 spiro atoms. The van der Waals surface area contributed by atoms with Crippen LogP contribution in [0.4, 0.5) is 0 Å². The minimum Gasteiger partial charge on any atom is -0.493 e. The topological polar surface area (TPSA) is 33.3 Å². The quantitative estimate of drug-likeness (QED) is 0.843. The Balaban J connectivity index is 1.77. The average molecular weight is 327 g/mol. The highest BCUT2D eigenvalue weighted by atomic mass is 79.9. The van der Waals surface area contributed by atoms with Gasteiger partial charge >= 0.3 is 0 Å². The van der Waals surface area contributed by atoms with Crippen LogP contribution >= 0.6 is 15.9 Å². The molecule has 1 aliphatic rings. The van der Waals surface area contributed by atoms with E-state index in [-0.39, 0.29) is 0 Å². The highest BCUT2D eigenvalue weighted by Crippen LogP contribution is 2.26. The van der Waals surface area contributed by atoms with Crippen LogP contribution in [0, 0.1) is 5.92 Å². The molecule has 106 valence electrons. The van der Waals surface area contributed by atoms with Gasteiger partial charge in [-0.3, -0.25) is 0 Å². The van der Waals surface area contributed by atoms with Gasteiger partial charge in [-0.25, -0.2) is 0 Å².